The average Bonchev–Trinajstić information content (AvgIpc) is 3.06. The van der Waals surface area contributed by atoms with E-state index in [1.807, 2.05) is 32.0 Å². The number of ether oxygens (including phenoxy) is 2. The first-order valence-corrected chi connectivity index (χ1v) is 9.18. The average molecular weight is 365 g/mol. The molecule has 0 saturated carbocycles. The number of hydrogen-bond donors (Lipinski definition) is 0. The van der Waals surface area contributed by atoms with E-state index in [1.165, 1.54) is 0 Å². The van der Waals surface area contributed by atoms with Crippen LogP contribution in [0.25, 0.3) is 0 Å². The van der Waals surface area contributed by atoms with Crippen LogP contribution in [0.3, 0.4) is 0 Å². The molecule has 1 unspecified atom stereocenters. The number of methoxy groups -OCH3 is 1. The lowest BCUT2D eigenvalue weighted by Gasteiger charge is -2.34. The highest BCUT2D eigenvalue weighted by molar-refractivity contribution is 6.01. The molecule has 0 N–H and O–H groups in total. The molecular formula is C22H23NO4. The number of hydrogen-bond acceptors (Lipinski definition) is 4. The molecular weight excluding hydrogens is 342 g/mol. The van der Waals surface area contributed by atoms with Crippen LogP contribution in [0.1, 0.15) is 44.7 Å². The van der Waals surface area contributed by atoms with Gasteiger partial charge >= 0.3 is 0 Å². The maximum Gasteiger partial charge on any atom is 0.254 e. The van der Waals surface area contributed by atoms with Crippen LogP contribution in [0.2, 0.25) is 0 Å². The molecule has 4 rings (SSSR count). The second-order valence-electron chi connectivity index (χ2n) is 7.52. The Kier molecular flexibility index (Phi) is 4.17. The number of nitrogens with zero attached hydrogens (tertiary/aromatic N) is 1. The zero-order chi connectivity index (χ0) is 19.2. The van der Waals surface area contributed by atoms with Crippen LogP contribution >= 0.6 is 0 Å². The topological polar surface area (TPSA) is 55.8 Å². The summed E-state index contributed by atoms with van der Waals surface area (Å²) in [6.07, 6.45) is 0.935. The highest BCUT2D eigenvalue weighted by Crippen LogP contribution is 2.40. The van der Waals surface area contributed by atoms with E-state index in [-0.39, 0.29) is 18.1 Å². The molecule has 1 fully saturated rings. The summed E-state index contributed by atoms with van der Waals surface area (Å²) in [6, 6.07) is 11.1. The molecule has 5 nitrogen and oxygen atoms in total. The van der Waals surface area contributed by atoms with Crippen molar-refractivity contribution in [1.82, 2.24) is 4.90 Å². The maximum atomic E-state index is 12.9. The van der Waals surface area contributed by atoms with Crippen LogP contribution in [0.5, 0.6) is 11.5 Å². The fraction of sp³-hybridized carbons (Fsp3) is 0.364. The number of fused-ring (bicyclic) bond motifs is 1. The number of carbonyl (C=O) groups excluding carboxylic acids is 2. The number of Topliss-reactive ketones (excluding diaryl/α,β-unsaturated/α-hetero) is 1. The van der Waals surface area contributed by atoms with E-state index in [1.54, 1.807) is 30.2 Å². The summed E-state index contributed by atoms with van der Waals surface area (Å²) in [5, 5.41) is 0. The summed E-state index contributed by atoms with van der Waals surface area (Å²) < 4.78 is 11.4. The van der Waals surface area contributed by atoms with Gasteiger partial charge in [-0.05, 0) is 55.3 Å². The van der Waals surface area contributed by atoms with E-state index in [0.717, 1.165) is 11.1 Å². The predicted molar refractivity (Wildman–Crippen MR) is 102 cm³/mol. The molecule has 5 heteroatoms. The summed E-state index contributed by atoms with van der Waals surface area (Å²) in [4.78, 5) is 27.4. The van der Waals surface area contributed by atoms with Crippen molar-refractivity contribution in [3.05, 3.63) is 58.7 Å². The first kappa shape index (κ1) is 17.6. The minimum atomic E-state index is -0.631. The lowest BCUT2D eigenvalue weighted by atomic mass is 9.89. The Balaban J connectivity index is 1.55. The zero-order valence-electron chi connectivity index (χ0n) is 15.9. The van der Waals surface area contributed by atoms with Crippen molar-refractivity contribution in [1.29, 1.82) is 0 Å². The molecule has 1 amide bonds. The molecule has 0 aromatic heterocycles. The first-order chi connectivity index (χ1) is 12.9. The SMILES string of the molecule is COc1ccc2c(c1)C(=O)CC1(CCN(C(=O)c3ccc(C)c(C)c3)C1)O2. The second-order valence-corrected chi connectivity index (χ2v) is 7.52. The lowest BCUT2D eigenvalue weighted by Crippen LogP contribution is -2.45. The summed E-state index contributed by atoms with van der Waals surface area (Å²) >= 11 is 0. The number of amides is 1. The molecule has 0 radical (unpaired) electrons. The second kappa shape index (κ2) is 6.41. The van der Waals surface area contributed by atoms with Gasteiger partial charge < -0.3 is 14.4 Å². The van der Waals surface area contributed by atoms with Crippen molar-refractivity contribution in [2.24, 2.45) is 0 Å². The highest BCUT2D eigenvalue weighted by atomic mass is 16.5. The van der Waals surface area contributed by atoms with Crippen LogP contribution in [-0.4, -0.2) is 42.4 Å². The zero-order valence-corrected chi connectivity index (χ0v) is 15.9. The molecule has 0 bridgehead atoms. The largest absolute Gasteiger partial charge is 0.497 e. The molecule has 2 heterocycles. The predicted octanol–water partition coefficient (Wildman–Crippen LogP) is 3.56. The van der Waals surface area contributed by atoms with E-state index < -0.39 is 5.60 Å². The Morgan fingerprint density at radius 1 is 1.15 bits per heavy atom. The van der Waals surface area contributed by atoms with E-state index in [2.05, 4.69) is 0 Å². The highest BCUT2D eigenvalue weighted by Gasteiger charge is 2.47. The van der Waals surface area contributed by atoms with E-state index >= 15 is 0 Å². The minimum absolute atomic E-state index is 0.00782. The van der Waals surface area contributed by atoms with Crippen LogP contribution in [0.4, 0.5) is 0 Å². The van der Waals surface area contributed by atoms with Crippen LogP contribution < -0.4 is 9.47 Å². The van der Waals surface area contributed by atoms with Crippen molar-refractivity contribution in [2.75, 3.05) is 20.2 Å². The summed E-state index contributed by atoms with van der Waals surface area (Å²) in [5.41, 5.74) is 2.87. The molecule has 2 aliphatic heterocycles. The molecule has 1 spiro atoms. The van der Waals surface area contributed by atoms with E-state index in [4.69, 9.17) is 9.47 Å². The number of benzene rings is 2. The van der Waals surface area contributed by atoms with Crippen LogP contribution in [0.15, 0.2) is 36.4 Å². The summed E-state index contributed by atoms with van der Waals surface area (Å²) in [5.74, 6) is 1.24. The van der Waals surface area contributed by atoms with Gasteiger partial charge in [0, 0.05) is 18.5 Å². The smallest absolute Gasteiger partial charge is 0.254 e. The Labute approximate surface area is 158 Å². The minimum Gasteiger partial charge on any atom is -0.497 e. The molecule has 27 heavy (non-hydrogen) atoms. The van der Waals surface area contributed by atoms with Crippen molar-refractivity contribution in [3.8, 4) is 11.5 Å². The number of likely N-dealkylation sites (tertiary alicyclic amines) is 1. The van der Waals surface area contributed by atoms with Gasteiger partial charge in [-0.3, -0.25) is 9.59 Å². The van der Waals surface area contributed by atoms with Gasteiger partial charge in [-0.15, -0.1) is 0 Å². The van der Waals surface area contributed by atoms with Gasteiger partial charge in [-0.1, -0.05) is 6.07 Å². The normalized spacial score (nSPS) is 21.1. The lowest BCUT2D eigenvalue weighted by molar-refractivity contribution is 0.0427. The van der Waals surface area contributed by atoms with Crippen molar-refractivity contribution < 1.29 is 19.1 Å². The Bertz CT molecular complexity index is 936. The first-order valence-electron chi connectivity index (χ1n) is 9.18. The fourth-order valence-corrected chi connectivity index (χ4v) is 3.90. The van der Waals surface area contributed by atoms with Crippen LogP contribution in [-0.2, 0) is 0 Å². The van der Waals surface area contributed by atoms with Gasteiger partial charge in [0.1, 0.15) is 17.1 Å². The van der Waals surface area contributed by atoms with Crippen molar-refractivity contribution >= 4 is 11.7 Å². The summed E-state index contributed by atoms with van der Waals surface area (Å²) in [7, 11) is 1.57. The quantitative estimate of drug-likeness (QED) is 0.817. The number of carbonyl (C=O) groups is 2. The molecule has 0 aliphatic carbocycles. The van der Waals surface area contributed by atoms with Crippen molar-refractivity contribution in [3.63, 3.8) is 0 Å². The standard InChI is InChI=1S/C22H23NO4/c1-14-4-5-16(10-15(14)2)21(25)23-9-8-22(13-23)12-19(24)18-11-17(26-3)6-7-20(18)27-22/h4-7,10-11H,8-9,12-13H2,1-3H3. The monoisotopic (exact) mass is 365 g/mol. The van der Waals surface area contributed by atoms with Crippen molar-refractivity contribution in [2.45, 2.75) is 32.3 Å². The summed E-state index contributed by atoms with van der Waals surface area (Å²) in [6.45, 7) is 5.05. The van der Waals surface area contributed by atoms with E-state index in [9.17, 15) is 9.59 Å². The third-order valence-electron chi connectivity index (χ3n) is 5.65. The molecule has 1 saturated heterocycles. The van der Waals surface area contributed by atoms with Gasteiger partial charge in [0.25, 0.3) is 5.91 Å². The van der Waals surface area contributed by atoms with Gasteiger partial charge in [-0.2, -0.15) is 0 Å². The molecule has 2 aliphatic rings. The molecule has 140 valence electrons. The molecule has 2 aromatic rings. The fourth-order valence-electron chi connectivity index (χ4n) is 3.90. The Hall–Kier alpha value is -2.82. The Morgan fingerprint density at radius 2 is 1.96 bits per heavy atom. The number of rotatable bonds is 2. The van der Waals surface area contributed by atoms with Gasteiger partial charge in [-0.25, -0.2) is 0 Å². The number of aryl methyl sites for hydroxylation is 2. The maximum absolute atomic E-state index is 12.9. The van der Waals surface area contributed by atoms with Gasteiger partial charge in [0.15, 0.2) is 5.78 Å². The third kappa shape index (κ3) is 3.07. The Morgan fingerprint density at radius 3 is 2.70 bits per heavy atom. The van der Waals surface area contributed by atoms with E-state index in [0.29, 0.717) is 42.1 Å². The van der Waals surface area contributed by atoms with Crippen LogP contribution in [0, 0.1) is 13.8 Å². The van der Waals surface area contributed by atoms with Gasteiger partial charge in [0.2, 0.25) is 0 Å². The molecule has 2 aromatic carbocycles. The third-order valence-corrected chi connectivity index (χ3v) is 5.65. The van der Waals surface area contributed by atoms with Gasteiger partial charge in [0.05, 0.1) is 25.6 Å². The number of ketones is 1. The molecule has 1 atom stereocenters.